The molecular weight excluding hydrogens is 387 g/mol. The van der Waals surface area contributed by atoms with Crippen LogP contribution in [0.5, 0.6) is 5.75 Å². The molecule has 0 radical (unpaired) electrons. The number of hydrogen-bond acceptors (Lipinski definition) is 4. The number of aliphatic carboxylic acids is 1. The predicted molar refractivity (Wildman–Crippen MR) is 98.5 cm³/mol. The van der Waals surface area contributed by atoms with Crippen LogP contribution in [0.15, 0.2) is 46.9 Å². The molecule has 8 heteroatoms. The molecule has 5 nitrogen and oxygen atoms in total. The van der Waals surface area contributed by atoms with Crippen molar-refractivity contribution >= 4 is 5.97 Å². The van der Waals surface area contributed by atoms with Gasteiger partial charge in [-0.2, -0.15) is 13.2 Å². The Hall–Kier alpha value is -3.29. The zero-order chi connectivity index (χ0) is 21.2. The lowest BCUT2D eigenvalue weighted by atomic mass is 10.1. The average Bonchev–Trinajstić information content (AvgIpc) is 2.99. The van der Waals surface area contributed by atoms with Crippen LogP contribution in [-0.4, -0.2) is 16.1 Å². The summed E-state index contributed by atoms with van der Waals surface area (Å²) in [5.41, 5.74) is 1.71. The predicted octanol–water partition coefficient (Wildman–Crippen LogP) is 5.18. The molecule has 0 saturated carbocycles. The molecule has 3 rings (SSSR count). The van der Waals surface area contributed by atoms with Crippen molar-refractivity contribution in [2.75, 3.05) is 0 Å². The number of benzene rings is 2. The van der Waals surface area contributed by atoms with Crippen LogP contribution in [0.1, 0.15) is 28.1 Å². The number of halogens is 3. The van der Waals surface area contributed by atoms with Gasteiger partial charge in [-0.15, -0.1) is 0 Å². The Balaban J connectivity index is 1.74. The van der Waals surface area contributed by atoms with Crippen molar-refractivity contribution in [3.8, 4) is 17.2 Å². The summed E-state index contributed by atoms with van der Waals surface area (Å²) in [4.78, 5) is 15.2. The Morgan fingerprint density at radius 2 is 1.83 bits per heavy atom. The molecule has 0 atom stereocenters. The van der Waals surface area contributed by atoms with E-state index in [4.69, 9.17) is 14.3 Å². The molecule has 1 heterocycles. The number of rotatable bonds is 6. The van der Waals surface area contributed by atoms with Gasteiger partial charge < -0.3 is 14.3 Å². The Kier molecular flexibility index (Phi) is 5.63. The van der Waals surface area contributed by atoms with E-state index < -0.39 is 17.7 Å². The zero-order valence-electron chi connectivity index (χ0n) is 15.7. The first-order valence-electron chi connectivity index (χ1n) is 8.71. The standard InChI is InChI=1S/C21H18F3NO4/c1-12-7-14(10-19(26)27)9-17(8-12)28-11-18-13(2)25-20(29-18)15-3-5-16(6-4-15)21(22,23)24/h3-9H,10-11H2,1-2H3,(H,26,27). The highest BCUT2D eigenvalue weighted by atomic mass is 19.4. The molecule has 0 amide bonds. The van der Waals surface area contributed by atoms with Gasteiger partial charge in [0.25, 0.3) is 0 Å². The minimum absolute atomic E-state index is 0.0510. The third-order valence-corrected chi connectivity index (χ3v) is 4.19. The van der Waals surface area contributed by atoms with Crippen molar-refractivity contribution < 1.29 is 32.2 Å². The molecule has 0 aliphatic heterocycles. The van der Waals surface area contributed by atoms with Crippen LogP contribution in [0, 0.1) is 13.8 Å². The van der Waals surface area contributed by atoms with Gasteiger partial charge in [-0.25, -0.2) is 4.98 Å². The van der Waals surface area contributed by atoms with E-state index >= 15 is 0 Å². The number of aromatic nitrogens is 1. The van der Waals surface area contributed by atoms with E-state index in [1.54, 1.807) is 25.1 Å². The summed E-state index contributed by atoms with van der Waals surface area (Å²) in [6, 6.07) is 9.74. The number of alkyl halides is 3. The van der Waals surface area contributed by atoms with Gasteiger partial charge in [0.15, 0.2) is 5.76 Å². The maximum absolute atomic E-state index is 12.7. The van der Waals surface area contributed by atoms with Crippen LogP contribution >= 0.6 is 0 Å². The molecule has 0 unspecified atom stereocenters. The van der Waals surface area contributed by atoms with E-state index in [1.165, 1.54) is 12.1 Å². The highest BCUT2D eigenvalue weighted by molar-refractivity contribution is 5.70. The van der Waals surface area contributed by atoms with Crippen LogP contribution in [0.4, 0.5) is 13.2 Å². The largest absolute Gasteiger partial charge is 0.486 e. The van der Waals surface area contributed by atoms with Crippen molar-refractivity contribution in [2.45, 2.75) is 33.1 Å². The summed E-state index contributed by atoms with van der Waals surface area (Å²) < 4.78 is 49.4. The fourth-order valence-electron chi connectivity index (χ4n) is 2.82. The smallest absolute Gasteiger partial charge is 0.416 e. The lowest BCUT2D eigenvalue weighted by Crippen LogP contribution is -2.03. The molecule has 0 bridgehead atoms. The second-order valence-corrected chi connectivity index (χ2v) is 6.62. The molecule has 1 N–H and O–H groups in total. The molecule has 152 valence electrons. The van der Waals surface area contributed by atoms with E-state index in [1.807, 2.05) is 6.92 Å². The minimum Gasteiger partial charge on any atom is -0.486 e. The molecule has 29 heavy (non-hydrogen) atoms. The summed E-state index contributed by atoms with van der Waals surface area (Å²) in [6.07, 6.45) is -4.52. The van der Waals surface area contributed by atoms with Crippen molar-refractivity contribution in [1.82, 2.24) is 4.98 Å². The number of carbonyl (C=O) groups is 1. The third kappa shape index (κ3) is 5.16. The van der Waals surface area contributed by atoms with Crippen molar-refractivity contribution in [3.63, 3.8) is 0 Å². The fourth-order valence-corrected chi connectivity index (χ4v) is 2.82. The van der Waals surface area contributed by atoms with Gasteiger partial charge in [-0.05, 0) is 61.4 Å². The van der Waals surface area contributed by atoms with Crippen LogP contribution in [0.2, 0.25) is 0 Å². The first-order chi connectivity index (χ1) is 13.6. The van der Waals surface area contributed by atoms with Gasteiger partial charge in [0.2, 0.25) is 5.89 Å². The molecule has 2 aromatic carbocycles. The number of nitrogens with zero attached hydrogens (tertiary/aromatic N) is 1. The number of oxazole rings is 1. The van der Waals surface area contributed by atoms with Gasteiger partial charge >= 0.3 is 12.1 Å². The molecule has 0 aliphatic rings. The zero-order valence-corrected chi connectivity index (χ0v) is 15.7. The molecule has 0 aliphatic carbocycles. The van der Waals surface area contributed by atoms with Crippen LogP contribution in [0.25, 0.3) is 11.5 Å². The SMILES string of the molecule is Cc1cc(CC(=O)O)cc(OCc2oc(-c3ccc(C(F)(F)F)cc3)nc2C)c1. The Bertz CT molecular complexity index is 1020. The number of carboxylic acid groups (broad SMARTS) is 1. The molecular formula is C21H18F3NO4. The molecule has 0 spiro atoms. The van der Waals surface area contributed by atoms with Crippen molar-refractivity contribution in [2.24, 2.45) is 0 Å². The van der Waals surface area contributed by atoms with Gasteiger partial charge in [0.1, 0.15) is 12.4 Å². The second kappa shape index (κ2) is 7.98. The quantitative estimate of drug-likeness (QED) is 0.612. The van der Waals surface area contributed by atoms with Gasteiger partial charge in [0, 0.05) is 5.56 Å². The van der Waals surface area contributed by atoms with Crippen molar-refractivity contribution in [1.29, 1.82) is 0 Å². The van der Waals surface area contributed by atoms with Crippen LogP contribution in [0.3, 0.4) is 0 Å². The molecule has 1 aromatic heterocycles. The van der Waals surface area contributed by atoms with Gasteiger partial charge in [-0.3, -0.25) is 4.79 Å². The number of aryl methyl sites for hydroxylation is 2. The van der Waals surface area contributed by atoms with Crippen LogP contribution < -0.4 is 4.74 Å². The molecule has 3 aromatic rings. The Labute approximate surface area is 164 Å². The first-order valence-corrected chi connectivity index (χ1v) is 8.71. The lowest BCUT2D eigenvalue weighted by molar-refractivity contribution is -0.138. The highest BCUT2D eigenvalue weighted by Crippen LogP contribution is 2.31. The first kappa shape index (κ1) is 20.4. The topological polar surface area (TPSA) is 72.6 Å². The highest BCUT2D eigenvalue weighted by Gasteiger charge is 2.30. The Morgan fingerprint density at radius 1 is 1.14 bits per heavy atom. The van der Waals surface area contributed by atoms with E-state index in [-0.39, 0.29) is 18.9 Å². The third-order valence-electron chi connectivity index (χ3n) is 4.19. The monoisotopic (exact) mass is 405 g/mol. The summed E-state index contributed by atoms with van der Waals surface area (Å²) in [5.74, 6) is 0.189. The lowest BCUT2D eigenvalue weighted by Gasteiger charge is -2.08. The molecule has 0 fully saturated rings. The van der Waals surface area contributed by atoms with Gasteiger partial charge in [0.05, 0.1) is 17.7 Å². The van der Waals surface area contributed by atoms with E-state index in [0.717, 1.165) is 17.7 Å². The maximum atomic E-state index is 12.7. The number of hydrogen-bond donors (Lipinski definition) is 1. The van der Waals surface area contributed by atoms with Crippen LogP contribution in [-0.2, 0) is 24.0 Å². The average molecular weight is 405 g/mol. The normalized spacial score (nSPS) is 11.5. The van der Waals surface area contributed by atoms with E-state index in [0.29, 0.717) is 28.3 Å². The van der Waals surface area contributed by atoms with E-state index in [9.17, 15) is 18.0 Å². The molecule has 0 saturated heterocycles. The van der Waals surface area contributed by atoms with E-state index in [2.05, 4.69) is 4.98 Å². The minimum atomic E-state index is -4.41. The number of ether oxygens (including phenoxy) is 1. The van der Waals surface area contributed by atoms with Gasteiger partial charge in [-0.1, -0.05) is 6.07 Å². The maximum Gasteiger partial charge on any atom is 0.416 e. The summed E-state index contributed by atoms with van der Waals surface area (Å²) >= 11 is 0. The Morgan fingerprint density at radius 3 is 2.45 bits per heavy atom. The summed E-state index contributed by atoms with van der Waals surface area (Å²) in [6.45, 7) is 3.60. The number of carboxylic acids is 1. The summed E-state index contributed by atoms with van der Waals surface area (Å²) in [5, 5.41) is 8.94. The summed E-state index contributed by atoms with van der Waals surface area (Å²) in [7, 11) is 0. The fraction of sp³-hybridized carbons (Fsp3) is 0.238. The van der Waals surface area contributed by atoms with Crippen molar-refractivity contribution in [3.05, 3.63) is 70.6 Å². The second-order valence-electron chi connectivity index (χ2n) is 6.62.